The average Bonchev–Trinajstić information content (AvgIpc) is 3.02. The Balaban J connectivity index is 1.59. The quantitative estimate of drug-likeness (QED) is 0.919. The molecule has 0 saturated heterocycles. The van der Waals surface area contributed by atoms with Crippen molar-refractivity contribution in [3.05, 3.63) is 47.5 Å². The maximum Gasteiger partial charge on any atom is 0.123 e. The van der Waals surface area contributed by atoms with E-state index in [2.05, 4.69) is 24.3 Å². The number of fused-ring (bicyclic) bond motifs is 1. The van der Waals surface area contributed by atoms with Crippen LogP contribution >= 0.6 is 0 Å². The minimum absolute atomic E-state index is 0.0209. The molecule has 0 amide bonds. The standard InChI is InChI=1S/C16H20FN3O/c1-11(2)18-7-12-8-19-20(9-12)10-15-6-13-5-14(17)3-4-16(13)21-15/h3-5,8-9,11,15,18H,6-7,10H2,1-2H3. The molecule has 0 spiro atoms. The third-order valence-corrected chi connectivity index (χ3v) is 3.56. The average molecular weight is 289 g/mol. The molecule has 0 fully saturated rings. The van der Waals surface area contributed by atoms with E-state index in [-0.39, 0.29) is 11.9 Å². The number of benzene rings is 1. The number of hydrogen-bond donors (Lipinski definition) is 1. The lowest BCUT2D eigenvalue weighted by molar-refractivity contribution is 0.203. The molecule has 0 bridgehead atoms. The third-order valence-electron chi connectivity index (χ3n) is 3.56. The second kappa shape index (κ2) is 5.85. The Labute approximate surface area is 123 Å². The maximum absolute atomic E-state index is 13.2. The fourth-order valence-corrected chi connectivity index (χ4v) is 2.52. The molecular formula is C16H20FN3O. The number of hydrogen-bond acceptors (Lipinski definition) is 3. The molecular weight excluding hydrogens is 269 g/mol. The topological polar surface area (TPSA) is 39.1 Å². The Kier molecular flexibility index (Phi) is 3.92. The smallest absolute Gasteiger partial charge is 0.123 e. The number of ether oxygens (including phenoxy) is 1. The molecule has 3 rings (SSSR count). The van der Waals surface area contributed by atoms with Gasteiger partial charge in [0.1, 0.15) is 17.7 Å². The largest absolute Gasteiger partial charge is 0.488 e. The van der Waals surface area contributed by atoms with Gasteiger partial charge in [0.2, 0.25) is 0 Å². The third kappa shape index (κ3) is 3.42. The van der Waals surface area contributed by atoms with Gasteiger partial charge in [-0.25, -0.2) is 4.39 Å². The van der Waals surface area contributed by atoms with Crippen LogP contribution in [0.5, 0.6) is 5.75 Å². The van der Waals surface area contributed by atoms with Gasteiger partial charge in [0.05, 0.1) is 12.7 Å². The Hall–Kier alpha value is -1.88. The summed E-state index contributed by atoms with van der Waals surface area (Å²) in [5.41, 5.74) is 2.10. The molecule has 1 atom stereocenters. The van der Waals surface area contributed by atoms with E-state index in [1.54, 1.807) is 12.1 Å². The lowest BCUT2D eigenvalue weighted by Gasteiger charge is -2.10. The summed E-state index contributed by atoms with van der Waals surface area (Å²) in [5.74, 6) is 0.578. The summed E-state index contributed by atoms with van der Waals surface area (Å²) in [6.07, 6.45) is 4.65. The molecule has 1 aromatic carbocycles. The highest BCUT2D eigenvalue weighted by Gasteiger charge is 2.23. The fraction of sp³-hybridized carbons (Fsp3) is 0.438. The van der Waals surface area contributed by atoms with Crippen LogP contribution in [-0.4, -0.2) is 21.9 Å². The van der Waals surface area contributed by atoms with Gasteiger partial charge in [-0.1, -0.05) is 13.8 Å². The van der Waals surface area contributed by atoms with Crippen LogP contribution in [0.1, 0.15) is 25.0 Å². The molecule has 1 aliphatic heterocycles. The summed E-state index contributed by atoms with van der Waals surface area (Å²) in [6.45, 7) is 5.73. The van der Waals surface area contributed by atoms with Crippen LogP contribution in [0.25, 0.3) is 0 Å². The van der Waals surface area contributed by atoms with Gasteiger partial charge in [-0.05, 0) is 18.2 Å². The minimum Gasteiger partial charge on any atom is -0.488 e. The Morgan fingerprint density at radius 3 is 3.14 bits per heavy atom. The van der Waals surface area contributed by atoms with E-state index in [4.69, 9.17) is 4.74 Å². The summed E-state index contributed by atoms with van der Waals surface area (Å²) in [6, 6.07) is 5.14. The Morgan fingerprint density at radius 1 is 1.48 bits per heavy atom. The maximum atomic E-state index is 13.2. The Morgan fingerprint density at radius 2 is 2.33 bits per heavy atom. The second-order valence-corrected chi connectivity index (χ2v) is 5.80. The molecule has 0 aliphatic carbocycles. The van der Waals surface area contributed by atoms with Gasteiger partial charge in [-0.15, -0.1) is 0 Å². The van der Waals surface area contributed by atoms with Crippen LogP contribution in [0.4, 0.5) is 4.39 Å². The molecule has 1 unspecified atom stereocenters. The van der Waals surface area contributed by atoms with Gasteiger partial charge < -0.3 is 10.1 Å². The lowest BCUT2D eigenvalue weighted by Crippen LogP contribution is -2.22. The van der Waals surface area contributed by atoms with E-state index < -0.39 is 0 Å². The molecule has 21 heavy (non-hydrogen) atoms. The van der Waals surface area contributed by atoms with E-state index >= 15 is 0 Å². The van der Waals surface area contributed by atoms with Crippen molar-refractivity contribution in [3.8, 4) is 5.75 Å². The van der Waals surface area contributed by atoms with Crippen LogP contribution in [-0.2, 0) is 19.5 Å². The second-order valence-electron chi connectivity index (χ2n) is 5.80. The van der Waals surface area contributed by atoms with Crippen LogP contribution in [0.2, 0.25) is 0 Å². The van der Waals surface area contributed by atoms with Crippen molar-refractivity contribution in [2.45, 2.75) is 45.5 Å². The van der Waals surface area contributed by atoms with Gasteiger partial charge >= 0.3 is 0 Å². The molecule has 1 aliphatic rings. The summed E-state index contributed by atoms with van der Waals surface area (Å²) in [7, 11) is 0. The molecule has 0 saturated carbocycles. The minimum atomic E-state index is -0.209. The van der Waals surface area contributed by atoms with Crippen molar-refractivity contribution in [2.24, 2.45) is 0 Å². The van der Waals surface area contributed by atoms with Crippen LogP contribution in [0.15, 0.2) is 30.6 Å². The van der Waals surface area contributed by atoms with E-state index in [1.807, 2.05) is 17.1 Å². The predicted molar refractivity (Wildman–Crippen MR) is 78.7 cm³/mol. The van der Waals surface area contributed by atoms with Gasteiger partial charge in [-0.2, -0.15) is 5.10 Å². The van der Waals surface area contributed by atoms with Crippen molar-refractivity contribution in [1.82, 2.24) is 15.1 Å². The first kappa shape index (κ1) is 14.1. The number of nitrogens with one attached hydrogen (secondary N) is 1. The Bertz CT molecular complexity index is 624. The van der Waals surface area contributed by atoms with Crippen LogP contribution < -0.4 is 10.1 Å². The first-order chi connectivity index (χ1) is 10.1. The number of rotatable bonds is 5. The van der Waals surface area contributed by atoms with Crippen molar-refractivity contribution in [1.29, 1.82) is 0 Å². The predicted octanol–water partition coefficient (Wildman–Crippen LogP) is 2.52. The van der Waals surface area contributed by atoms with E-state index in [1.165, 1.54) is 6.07 Å². The highest BCUT2D eigenvalue weighted by Crippen LogP contribution is 2.29. The summed E-state index contributed by atoms with van der Waals surface area (Å²) >= 11 is 0. The highest BCUT2D eigenvalue weighted by atomic mass is 19.1. The van der Waals surface area contributed by atoms with E-state index in [0.717, 1.165) is 29.8 Å². The molecule has 112 valence electrons. The lowest BCUT2D eigenvalue weighted by atomic mass is 10.1. The van der Waals surface area contributed by atoms with Gasteiger partial charge in [-0.3, -0.25) is 4.68 Å². The number of aromatic nitrogens is 2. The molecule has 2 heterocycles. The summed E-state index contributed by atoms with van der Waals surface area (Å²) in [5, 5.41) is 7.72. The molecule has 1 N–H and O–H groups in total. The van der Waals surface area contributed by atoms with E-state index in [0.29, 0.717) is 12.6 Å². The van der Waals surface area contributed by atoms with Gasteiger partial charge in [0.15, 0.2) is 0 Å². The fourth-order valence-electron chi connectivity index (χ4n) is 2.52. The summed E-state index contributed by atoms with van der Waals surface area (Å²) < 4.78 is 20.9. The molecule has 2 aromatic rings. The molecule has 4 nitrogen and oxygen atoms in total. The highest BCUT2D eigenvalue weighted by molar-refractivity contribution is 5.37. The zero-order chi connectivity index (χ0) is 14.8. The molecule has 5 heteroatoms. The number of halogens is 1. The van der Waals surface area contributed by atoms with Gasteiger partial charge in [0.25, 0.3) is 0 Å². The zero-order valence-electron chi connectivity index (χ0n) is 12.3. The zero-order valence-corrected chi connectivity index (χ0v) is 12.3. The van der Waals surface area contributed by atoms with Gasteiger partial charge in [0, 0.05) is 36.3 Å². The number of nitrogens with zero attached hydrogens (tertiary/aromatic N) is 2. The SMILES string of the molecule is CC(C)NCc1cnn(CC2Cc3cc(F)ccc3O2)c1. The van der Waals surface area contributed by atoms with Crippen LogP contribution in [0.3, 0.4) is 0 Å². The van der Waals surface area contributed by atoms with Crippen LogP contribution in [0, 0.1) is 5.82 Å². The summed E-state index contributed by atoms with van der Waals surface area (Å²) in [4.78, 5) is 0. The first-order valence-electron chi connectivity index (χ1n) is 7.30. The normalized spacial score (nSPS) is 17.0. The monoisotopic (exact) mass is 289 g/mol. The van der Waals surface area contributed by atoms with Crippen molar-refractivity contribution >= 4 is 0 Å². The first-order valence-corrected chi connectivity index (χ1v) is 7.30. The van der Waals surface area contributed by atoms with Crippen molar-refractivity contribution in [2.75, 3.05) is 0 Å². The molecule has 0 radical (unpaired) electrons. The van der Waals surface area contributed by atoms with Crippen molar-refractivity contribution in [3.63, 3.8) is 0 Å². The molecule has 1 aromatic heterocycles. The van der Waals surface area contributed by atoms with E-state index in [9.17, 15) is 4.39 Å². The van der Waals surface area contributed by atoms with Crippen molar-refractivity contribution < 1.29 is 9.13 Å².